The van der Waals surface area contributed by atoms with Crippen LogP contribution in [0.25, 0.3) is 0 Å². The molecule has 0 heterocycles. The second-order valence-electron chi connectivity index (χ2n) is 6.34. The van der Waals surface area contributed by atoms with Crippen molar-refractivity contribution in [2.75, 3.05) is 13.2 Å². The molecule has 19 heavy (non-hydrogen) atoms. The van der Waals surface area contributed by atoms with E-state index in [0.717, 1.165) is 6.42 Å². The van der Waals surface area contributed by atoms with E-state index in [4.69, 9.17) is 10.5 Å². The van der Waals surface area contributed by atoms with Crippen molar-refractivity contribution in [1.29, 1.82) is 0 Å². The third-order valence-corrected chi connectivity index (χ3v) is 2.81. The van der Waals surface area contributed by atoms with Gasteiger partial charge in [-0.05, 0) is 33.1 Å². The van der Waals surface area contributed by atoms with Gasteiger partial charge in [-0.25, -0.2) is 0 Å². The Morgan fingerprint density at radius 2 is 1.95 bits per heavy atom. The van der Waals surface area contributed by atoms with Crippen molar-refractivity contribution in [2.24, 2.45) is 11.7 Å². The van der Waals surface area contributed by atoms with Gasteiger partial charge in [0.2, 0.25) is 5.91 Å². The fourth-order valence-electron chi connectivity index (χ4n) is 1.96. The van der Waals surface area contributed by atoms with E-state index in [9.17, 15) is 9.90 Å². The Morgan fingerprint density at radius 3 is 2.42 bits per heavy atom. The Balaban J connectivity index is 3.86. The smallest absolute Gasteiger partial charge is 0.219 e. The molecule has 2 atom stereocenters. The number of primary amides is 1. The van der Waals surface area contributed by atoms with Crippen molar-refractivity contribution in [3.05, 3.63) is 0 Å². The monoisotopic (exact) mass is 274 g/mol. The van der Waals surface area contributed by atoms with E-state index in [-0.39, 0.29) is 18.4 Å². The molecule has 0 aliphatic rings. The summed E-state index contributed by atoms with van der Waals surface area (Å²) in [5.41, 5.74) is 4.76. The number of hydrogen-bond acceptors (Lipinski definition) is 4. The van der Waals surface area contributed by atoms with Gasteiger partial charge in [0.05, 0.1) is 18.8 Å². The quantitative estimate of drug-likeness (QED) is 0.556. The molecule has 0 bridgehead atoms. The average molecular weight is 274 g/mol. The van der Waals surface area contributed by atoms with Crippen molar-refractivity contribution in [3.63, 3.8) is 0 Å². The zero-order chi connectivity index (χ0) is 15.1. The van der Waals surface area contributed by atoms with Crippen LogP contribution in [0.3, 0.4) is 0 Å². The highest BCUT2D eigenvalue weighted by atomic mass is 16.5. The van der Waals surface area contributed by atoms with Gasteiger partial charge in [0, 0.05) is 18.5 Å². The minimum atomic E-state index is -0.582. The first-order chi connectivity index (χ1) is 8.62. The molecule has 0 aromatic rings. The number of ether oxygens (including phenoxy) is 1. The second-order valence-corrected chi connectivity index (χ2v) is 6.34. The van der Waals surface area contributed by atoms with Crippen molar-refractivity contribution in [1.82, 2.24) is 5.32 Å². The van der Waals surface area contributed by atoms with Crippen LogP contribution in [0, 0.1) is 5.92 Å². The summed E-state index contributed by atoms with van der Waals surface area (Å²) in [4.78, 5) is 10.9. The van der Waals surface area contributed by atoms with Gasteiger partial charge in [-0.2, -0.15) is 0 Å². The zero-order valence-electron chi connectivity index (χ0n) is 12.9. The molecule has 5 nitrogen and oxygen atoms in total. The largest absolute Gasteiger partial charge is 0.389 e. The van der Waals surface area contributed by atoms with E-state index >= 15 is 0 Å². The van der Waals surface area contributed by atoms with E-state index < -0.39 is 11.6 Å². The first kappa shape index (κ1) is 18.4. The number of β-amino-alcohol motifs (C(OH)–C–C–N with tert-alkyl or cyclic N) is 1. The van der Waals surface area contributed by atoms with Crippen LogP contribution in [0.4, 0.5) is 0 Å². The number of hydrogen-bond donors (Lipinski definition) is 3. The molecule has 4 N–H and O–H groups in total. The summed E-state index contributed by atoms with van der Waals surface area (Å²) in [6.07, 6.45) is 0.785. The molecule has 0 spiro atoms. The maximum Gasteiger partial charge on any atom is 0.219 e. The first-order valence-corrected chi connectivity index (χ1v) is 6.95. The summed E-state index contributed by atoms with van der Waals surface area (Å²) < 4.78 is 5.58. The van der Waals surface area contributed by atoms with Gasteiger partial charge in [0.25, 0.3) is 0 Å². The standard InChI is InChI=1S/C14H30N2O3/c1-10(2)6-11(3)19-9-12(17)8-16-14(4,5)7-13(15)18/h10-12,16-17H,6-9H2,1-5H3,(H2,15,18). The summed E-state index contributed by atoms with van der Waals surface area (Å²) in [7, 11) is 0. The lowest BCUT2D eigenvalue weighted by atomic mass is 10.00. The molecule has 0 saturated heterocycles. The summed E-state index contributed by atoms with van der Waals surface area (Å²) >= 11 is 0. The van der Waals surface area contributed by atoms with Gasteiger partial charge >= 0.3 is 0 Å². The van der Waals surface area contributed by atoms with Crippen molar-refractivity contribution >= 4 is 5.91 Å². The van der Waals surface area contributed by atoms with E-state index in [0.29, 0.717) is 19.1 Å². The van der Waals surface area contributed by atoms with Gasteiger partial charge < -0.3 is 20.9 Å². The Morgan fingerprint density at radius 1 is 1.37 bits per heavy atom. The first-order valence-electron chi connectivity index (χ1n) is 6.95. The minimum absolute atomic E-state index is 0.147. The van der Waals surface area contributed by atoms with E-state index in [1.165, 1.54) is 0 Å². The predicted molar refractivity (Wildman–Crippen MR) is 76.8 cm³/mol. The fraction of sp³-hybridized carbons (Fsp3) is 0.929. The molecule has 5 heteroatoms. The highest BCUT2D eigenvalue weighted by Crippen LogP contribution is 2.09. The minimum Gasteiger partial charge on any atom is -0.389 e. The maximum absolute atomic E-state index is 10.9. The Labute approximate surface area is 116 Å². The molecule has 0 aromatic heterocycles. The lowest BCUT2D eigenvalue weighted by molar-refractivity contribution is -0.119. The van der Waals surface area contributed by atoms with E-state index in [1.807, 2.05) is 20.8 Å². The van der Waals surface area contributed by atoms with Crippen LogP contribution in [-0.2, 0) is 9.53 Å². The molecule has 0 aromatic carbocycles. The van der Waals surface area contributed by atoms with Gasteiger partial charge in [0.1, 0.15) is 0 Å². The molecule has 0 rings (SSSR count). The molecule has 2 unspecified atom stereocenters. The van der Waals surface area contributed by atoms with Crippen LogP contribution in [0.1, 0.15) is 47.5 Å². The molecule has 0 fully saturated rings. The number of nitrogens with two attached hydrogens (primary N) is 1. The van der Waals surface area contributed by atoms with Crippen LogP contribution in [0.15, 0.2) is 0 Å². The van der Waals surface area contributed by atoms with Crippen LogP contribution in [-0.4, -0.2) is 41.9 Å². The highest BCUT2D eigenvalue weighted by molar-refractivity contribution is 5.74. The van der Waals surface area contributed by atoms with E-state index in [1.54, 1.807) is 0 Å². The normalized spacial score (nSPS) is 15.5. The number of rotatable bonds is 10. The van der Waals surface area contributed by atoms with Crippen LogP contribution < -0.4 is 11.1 Å². The molecule has 0 aliphatic heterocycles. The van der Waals surface area contributed by atoms with Crippen LogP contribution in [0.5, 0.6) is 0 Å². The molecular formula is C14H30N2O3. The number of aliphatic hydroxyl groups excluding tert-OH is 1. The number of nitrogens with one attached hydrogen (secondary N) is 1. The fourth-order valence-corrected chi connectivity index (χ4v) is 1.96. The maximum atomic E-state index is 10.9. The van der Waals surface area contributed by atoms with Crippen LogP contribution in [0.2, 0.25) is 0 Å². The Bertz CT molecular complexity index is 267. The third-order valence-electron chi connectivity index (χ3n) is 2.81. The van der Waals surface area contributed by atoms with Gasteiger partial charge in [-0.1, -0.05) is 13.8 Å². The molecule has 0 saturated carbocycles. The highest BCUT2D eigenvalue weighted by Gasteiger charge is 2.21. The van der Waals surface area contributed by atoms with Crippen LogP contribution >= 0.6 is 0 Å². The van der Waals surface area contributed by atoms with E-state index in [2.05, 4.69) is 19.2 Å². The topological polar surface area (TPSA) is 84.6 Å². The Kier molecular flexibility index (Phi) is 8.22. The summed E-state index contributed by atoms with van der Waals surface area (Å²) in [5.74, 6) is 0.230. The zero-order valence-corrected chi connectivity index (χ0v) is 12.9. The average Bonchev–Trinajstić information content (AvgIpc) is 2.21. The van der Waals surface area contributed by atoms with Gasteiger partial charge in [0.15, 0.2) is 0 Å². The van der Waals surface area contributed by atoms with Crippen molar-refractivity contribution < 1.29 is 14.6 Å². The lowest BCUT2D eigenvalue weighted by Crippen LogP contribution is -2.46. The molecule has 0 radical (unpaired) electrons. The number of carbonyl (C=O) groups excluding carboxylic acids is 1. The molecular weight excluding hydrogens is 244 g/mol. The molecule has 0 aliphatic carbocycles. The van der Waals surface area contributed by atoms with Crippen molar-refractivity contribution in [3.8, 4) is 0 Å². The lowest BCUT2D eigenvalue weighted by Gasteiger charge is -2.27. The Hall–Kier alpha value is -0.650. The molecule has 1 amide bonds. The number of carbonyl (C=O) groups is 1. The summed E-state index contributed by atoms with van der Waals surface area (Å²) in [5, 5.41) is 12.9. The van der Waals surface area contributed by atoms with Gasteiger partial charge in [-0.3, -0.25) is 4.79 Å². The number of aliphatic hydroxyl groups is 1. The SMILES string of the molecule is CC(C)CC(C)OCC(O)CNC(C)(C)CC(N)=O. The third kappa shape index (κ3) is 10.9. The molecule has 114 valence electrons. The van der Waals surface area contributed by atoms with Gasteiger partial charge in [-0.15, -0.1) is 0 Å². The summed E-state index contributed by atoms with van der Waals surface area (Å²) in [6.45, 7) is 10.7. The van der Waals surface area contributed by atoms with Crippen molar-refractivity contribution in [2.45, 2.75) is 65.2 Å². The second kappa shape index (κ2) is 8.51. The summed E-state index contributed by atoms with van der Waals surface area (Å²) in [6, 6.07) is 0. The predicted octanol–water partition coefficient (Wildman–Crippen LogP) is 1.04. The number of amides is 1.